The molecule has 3 aromatic carbocycles. The van der Waals surface area contributed by atoms with Crippen LogP contribution in [0.2, 0.25) is 0 Å². The Balaban J connectivity index is 1.48. The van der Waals surface area contributed by atoms with Gasteiger partial charge in [-0.05, 0) is 47.4 Å². The van der Waals surface area contributed by atoms with E-state index in [1.165, 1.54) is 18.9 Å². The van der Waals surface area contributed by atoms with Crippen molar-refractivity contribution in [1.82, 2.24) is 0 Å². The van der Waals surface area contributed by atoms with Crippen molar-refractivity contribution >= 4 is 28.9 Å². The number of carbonyl (C=O) groups is 3. The monoisotopic (exact) mass is 475 g/mol. The minimum Gasteiger partial charge on any atom is -0.495 e. The molecule has 5 heteroatoms. The molecule has 0 spiro atoms. The first-order chi connectivity index (χ1) is 17.5. The topological polar surface area (TPSA) is 63.7 Å². The second kappa shape index (κ2) is 8.45. The number of carbonyl (C=O) groups excluding carboxylic acids is 3. The van der Waals surface area contributed by atoms with Crippen molar-refractivity contribution in [3.05, 3.63) is 113 Å². The van der Waals surface area contributed by atoms with Crippen molar-refractivity contribution in [1.29, 1.82) is 0 Å². The molecular weight excluding hydrogens is 450 g/mol. The number of anilines is 1. The molecule has 1 aliphatic heterocycles. The molecule has 178 valence electrons. The number of amides is 2. The zero-order chi connectivity index (χ0) is 25.0. The molecule has 36 heavy (non-hydrogen) atoms. The summed E-state index contributed by atoms with van der Waals surface area (Å²) in [5, 5.41) is 0. The minimum atomic E-state index is -0.476. The van der Waals surface area contributed by atoms with Crippen LogP contribution in [0.25, 0.3) is 5.57 Å². The molecule has 1 heterocycles. The molecular formula is C31H25NO4. The third-order valence-corrected chi connectivity index (χ3v) is 7.66. The molecule has 3 aliphatic rings. The van der Waals surface area contributed by atoms with E-state index in [9.17, 15) is 14.4 Å². The van der Waals surface area contributed by atoms with Crippen molar-refractivity contribution in [2.24, 2.45) is 23.7 Å². The van der Waals surface area contributed by atoms with Gasteiger partial charge >= 0.3 is 0 Å². The lowest BCUT2D eigenvalue weighted by atomic mass is 9.85. The summed E-state index contributed by atoms with van der Waals surface area (Å²) in [6, 6.07) is 25.2. The summed E-state index contributed by atoms with van der Waals surface area (Å²) >= 11 is 0. The van der Waals surface area contributed by atoms with Gasteiger partial charge in [0.2, 0.25) is 11.8 Å². The number of methoxy groups -OCH3 is 1. The van der Waals surface area contributed by atoms with Gasteiger partial charge in [0.1, 0.15) is 5.75 Å². The highest BCUT2D eigenvalue weighted by Gasteiger charge is 2.62. The third kappa shape index (κ3) is 3.19. The van der Waals surface area contributed by atoms with Gasteiger partial charge in [0.25, 0.3) is 0 Å². The van der Waals surface area contributed by atoms with Crippen molar-refractivity contribution in [2.75, 3.05) is 12.0 Å². The summed E-state index contributed by atoms with van der Waals surface area (Å²) in [5.41, 5.74) is 5.14. The molecule has 0 N–H and O–H groups in total. The van der Waals surface area contributed by atoms with Crippen LogP contribution in [0.1, 0.15) is 28.4 Å². The van der Waals surface area contributed by atoms with Crippen LogP contribution in [0.15, 0.2) is 96.6 Å². The fourth-order valence-electron chi connectivity index (χ4n) is 6.13. The van der Waals surface area contributed by atoms with Gasteiger partial charge in [0, 0.05) is 17.4 Å². The molecule has 4 atom stereocenters. The Morgan fingerprint density at radius 1 is 0.750 bits per heavy atom. The summed E-state index contributed by atoms with van der Waals surface area (Å²) in [6.45, 7) is 1.46. The molecule has 1 saturated heterocycles. The number of hydrogen-bond donors (Lipinski definition) is 0. The van der Waals surface area contributed by atoms with Gasteiger partial charge in [-0.15, -0.1) is 0 Å². The van der Waals surface area contributed by atoms with E-state index in [0.717, 1.165) is 22.3 Å². The Bertz CT molecular complexity index is 1380. The van der Waals surface area contributed by atoms with E-state index >= 15 is 0 Å². The number of fused-ring (bicyclic) bond motifs is 5. The standard InChI is InChI=1S/C31H25NO4/c1-18(33)21-13-16-25(36-2)24(17-21)32-30(34)28-22-14-15-23(29(28)31(32)35)27(22)26(19-9-5-3-6-10-19)20-11-7-4-8-12-20/h3-17,22-23,28-29H,1-2H3/t22-,23+,28+,29-. The second-order valence-corrected chi connectivity index (χ2v) is 9.51. The Morgan fingerprint density at radius 3 is 1.75 bits per heavy atom. The summed E-state index contributed by atoms with van der Waals surface area (Å²) in [6.07, 6.45) is 4.18. The maximum absolute atomic E-state index is 13.9. The molecule has 2 bridgehead atoms. The molecule has 0 radical (unpaired) electrons. The second-order valence-electron chi connectivity index (χ2n) is 9.51. The number of rotatable bonds is 5. The van der Waals surface area contributed by atoms with Gasteiger partial charge in [-0.3, -0.25) is 14.4 Å². The molecule has 0 unspecified atom stereocenters. The summed E-state index contributed by atoms with van der Waals surface area (Å²) in [4.78, 5) is 41.0. The number of benzene rings is 3. The first-order valence-corrected chi connectivity index (χ1v) is 12.1. The summed E-state index contributed by atoms with van der Waals surface area (Å²) in [5.74, 6) is -1.51. The predicted molar refractivity (Wildman–Crippen MR) is 137 cm³/mol. The first-order valence-electron chi connectivity index (χ1n) is 12.1. The third-order valence-electron chi connectivity index (χ3n) is 7.66. The van der Waals surface area contributed by atoms with Crippen LogP contribution in [0.5, 0.6) is 5.75 Å². The maximum atomic E-state index is 13.9. The minimum absolute atomic E-state index is 0.138. The van der Waals surface area contributed by atoms with Gasteiger partial charge < -0.3 is 4.74 Å². The fourth-order valence-corrected chi connectivity index (χ4v) is 6.13. The lowest BCUT2D eigenvalue weighted by Gasteiger charge is -2.23. The van der Waals surface area contributed by atoms with Crippen molar-refractivity contribution in [2.45, 2.75) is 6.92 Å². The number of imide groups is 1. The van der Waals surface area contributed by atoms with E-state index in [2.05, 4.69) is 36.4 Å². The highest BCUT2D eigenvalue weighted by atomic mass is 16.5. The van der Waals surface area contributed by atoms with Crippen LogP contribution in [-0.2, 0) is 9.59 Å². The number of allylic oxidation sites excluding steroid dienone is 3. The highest BCUT2D eigenvalue weighted by molar-refractivity contribution is 6.24. The van der Waals surface area contributed by atoms with E-state index in [1.807, 2.05) is 36.4 Å². The van der Waals surface area contributed by atoms with Gasteiger partial charge in [-0.2, -0.15) is 0 Å². The highest BCUT2D eigenvalue weighted by Crippen LogP contribution is 2.59. The molecule has 1 saturated carbocycles. The Hall–Kier alpha value is -4.25. The number of ether oxygens (including phenoxy) is 1. The van der Waals surface area contributed by atoms with Crippen LogP contribution in [0.4, 0.5) is 5.69 Å². The van der Waals surface area contributed by atoms with Crippen LogP contribution in [0, 0.1) is 23.7 Å². The zero-order valence-electron chi connectivity index (χ0n) is 20.0. The van der Waals surface area contributed by atoms with Crippen LogP contribution < -0.4 is 9.64 Å². The average Bonchev–Trinajstić information content (AvgIpc) is 3.54. The lowest BCUT2D eigenvalue weighted by Crippen LogP contribution is -2.33. The Labute approximate surface area is 209 Å². The van der Waals surface area contributed by atoms with E-state index in [0.29, 0.717) is 17.0 Å². The molecule has 5 nitrogen and oxygen atoms in total. The van der Waals surface area contributed by atoms with Crippen molar-refractivity contribution < 1.29 is 19.1 Å². The Morgan fingerprint density at radius 2 is 1.28 bits per heavy atom. The van der Waals surface area contributed by atoms with Crippen molar-refractivity contribution in [3.63, 3.8) is 0 Å². The Kier molecular flexibility index (Phi) is 5.22. The first kappa shape index (κ1) is 22.2. The number of hydrogen-bond acceptors (Lipinski definition) is 4. The zero-order valence-corrected chi connectivity index (χ0v) is 20.0. The summed E-state index contributed by atoms with van der Waals surface area (Å²) in [7, 11) is 1.50. The quantitative estimate of drug-likeness (QED) is 0.285. The van der Waals surface area contributed by atoms with E-state index < -0.39 is 11.8 Å². The molecule has 2 aliphatic carbocycles. The smallest absolute Gasteiger partial charge is 0.238 e. The number of nitrogens with zero attached hydrogens (tertiary/aromatic N) is 1. The molecule has 2 fully saturated rings. The molecule has 6 rings (SSSR count). The van der Waals surface area contributed by atoms with Gasteiger partial charge in [0.05, 0.1) is 24.6 Å². The molecule has 3 aromatic rings. The van der Waals surface area contributed by atoms with Crippen LogP contribution >= 0.6 is 0 Å². The van der Waals surface area contributed by atoms with Crippen LogP contribution in [-0.4, -0.2) is 24.7 Å². The fraction of sp³-hybridized carbons (Fsp3) is 0.194. The van der Waals surface area contributed by atoms with Crippen LogP contribution in [0.3, 0.4) is 0 Å². The number of Topliss-reactive ketones (excluding diaryl/α,β-unsaturated/α-hetero) is 1. The molecule has 2 amide bonds. The van der Waals surface area contributed by atoms with Gasteiger partial charge in [-0.1, -0.05) is 72.8 Å². The summed E-state index contributed by atoms with van der Waals surface area (Å²) < 4.78 is 5.47. The van der Waals surface area contributed by atoms with Gasteiger partial charge in [0.15, 0.2) is 5.78 Å². The van der Waals surface area contributed by atoms with Gasteiger partial charge in [-0.25, -0.2) is 4.90 Å². The normalized spacial score (nSPS) is 23.8. The maximum Gasteiger partial charge on any atom is 0.238 e. The lowest BCUT2D eigenvalue weighted by molar-refractivity contribution is -0.123. The average molecular weight is 476 g/mol. The largest absolute Gasteiger partial charge is 0.495 e. The molecule has 0 aromatic heterocycles. The number of ketones is 1. The van der Waals surface area contributed by atoms with Crippen molar-refractivity contribution in [3.8, 4) is 5.75 Å². The predicted octanol–water partition coefficient (Wildman–Crippen LogP) is 5.32. The SMILES string of the molecule is COc1ccc(C(C)=O)cc1N1C(=O)[C@@H]2[C@H](C1=O)[C@H]1C=C[C@@H]2C1=C(c1ccccc1)c1ccccc1. The van der Waals surface area contributed by atoms with E-state index in [1.54, 1.807) is 18.2 Å². The van der Waals surface area contributed by atoms with E-state index in [4.69, 9.17) is 4.74 Å². The van der Waals surface area contributed by atoms with E-state index in [-0.39, 0.29) is 29.4 Å².